The zero-order chi connectivity index (χ0) is 33.9. The average molecular weight is 659 g/mol. The second-order valence-electron chi connectivity index (χ2n) is 12.7. The Morgan fingerprint density at radius 3 is 1.22 bits per heavy atom. The minimum absolute atomic E-state index is 0.825. The predicted molar refractivity (Wildman–Crippen MR) is 205 cm³/mol. The SMILES string of the molecule is Cc1cccc2nc(-c3ccc(N4c5ccccc5Oc5ccccc54)cc3)c(-c3ccc(N4c5ccccc5Oc5ccccc54)cc3)nc12. The summed E-state index contributed by atoms with van der Waals surface area (Å²) in [5.41, 5.74) is 12.5. The van der Waals surface area contributed by atoms with Crippen LogP contribution in [0.3, 0.4) is 0 Å². The van der Waals surface area contributed by atoms with Crippen molar-refractivity contribution >= 4 is 45.2 Å². The fourth-order valence-corrected chi connectivity index (χ4v) is 7.12. The Balaban J connectivity index is 1.07. The first-order chi connectivity index (χ1) is 25.2. The van der Waals surface area contributed by atoms with Crippen LogP contribution in [-0.2, 0) is 0 Å². The number of hydrogen-bond donors (Lipinski definition) is 0. The van der Waals surface area contributed by atoms with Crippen molar-refractivity contribution in [1.82, 2.24) is 9.97 Å². The van der Waals surface area contributed by atoms with Gasteiger partial charge in [-0.3, -0.25) is 0 Å². The van der Waals surface area contributed by atoms with E-state index in [1.807, 2.05) is 84.9 Å². The molecule has 0 spiro atoms. The monoisotopic (exact) mass is 658 g/mol. The Hall–Kier alpha value is -6.92. The van der Waals surface area contributed by atoms with Crippen LogP contribution in [-0.4, -0.2) is 9.97 Å². The van der Waals surface area contributed by atoms with Crippen LogP contribution in [0.25, 0.3) is 33.5 Å². The Morgan fingerprint density at radius 1 is 0.392 bits per heavy atom. The van der Waals surface area contributed by atoms with Crippen molar-refractivity contribution in [3.8, 4) is 45.5 Å². The first-order valence-electron chi connectivity index (χ1n) is 17.0. The number of anilines is 6. The van der Waals surface area contributed by atoms with Gasteiger partial charge >= 0.3 is 0 Å². The number of rotatable bonds is 4. The highest BCUT2D eigenvalue weighted by atomic mass is 16.5. The lowest BCUT2D eigenvalue weighted by Crippen LogP contribution is -2.15. The van der Waals surface area contributed by atoms with Crippen LogP contribution >= 0.6 is 0 Å². The van der Waals surface area contributed by atoms with Gasteiger partial charge in [-0.2, -0.15) is 0 Å². The van der Waals surface area contributed by atoms with Gasteiger partial charge in [-0.15, -0.1) is 0 Å². The van der Waals surface area contributed by atoms with Crippen LogP contribution in [0.5, 0.6) is 23.0 Å². The van der Waals surface area contributed by atoms with E-state index in [2.05, 4.69) is 95.6 Å². The van der Waals surface area contributed by atoms with Gasteiger partial charge in [-0.1, -0.05) is 84.9 Å². The zero-order valence-electron chi connectivity index (χ0n) is 27.7. The van der Waals surface area contributed by atoms with E-state index < -0.39 is 0 Å². The van der Waals surface area contributed by atoms with Crippen molar-refractivity contribution in [2.75, 3.05) is 9.80 Å². The Labute approximate surface area is 295 Å². The topological polar surface area (TPSA) is 50.7 Å². The van der Waals surface area contributed by atoms with Crippen LogP contribution in [0.1, 0.15) is 5.56 Å². The second kappa shape index (κ2) is 11.6. The normalized spacial score (nSPS) is 12.6. The van der Waals surface area contributed by atoms with E-state index >= 15 is 0 Å². The molecule has 0 radical (unpaired) electrons. The standard InChI is InChI=1S/C45H30N4O2/c1-29-11-10-12-34-43(29)47-45(31-23-27-33(28-24-31)49-37-15-4-8-19-41(37)51-42-20-9-5-16-38(42)49)44(46-34)30-21-25-32(26-22-30)48-35-13-2-6-17-39(35)50-40-18-7-3-14-36(40)48/h2-28H,1H3. The van der Waals surface area contributed by atoms with Gasteiger partial charge in [0, 0.05) is 22.5 Å². The first kappa shape index (κ1) is 29.0. The third-order valence-electron chi connectivity index (χ3n) is 9.56. The molecule has 3 heterocycles. The van der Waals surface area contributed by atoms with Crippen LogP contribution in [0.2, 0.25) is 0 Å². The molecule has 6 heteroatoms. The van der Waals surface area contributed by atoms with Gasteiger partial charge in [0.25, 0.3) is 0 Å². The Kier molecular flexibility index (Phi) is 6.61. The summed E-state index contributed by atoms with van der Waals surface area (Å²) >= 11 is 0. The summed E-state index contributed by atoms with van der Waals surface area (Å²) in [6.07, 6.45) is 0. The molecule has 0 saturated carbocycles. The van der Waals surface area contributed by atoms with E-state index in [1.54, 1.807) is 0 Å². The molecule has 0 atom stereocenters. The summed E-state index contributed by atoms with van der Waals surface area (Å²) in [4.78, 5) is 15.0. The molecule has 6 nitrogen and oxygen atoms in total. The third-order valence-corrected chi connectivity index (χ3v) is 9.56. The van der Waals surface area contributed by atoms with Gasteiger partial charge in [0.15, 0.2) is 23.0 Å². The molecule has 0 N–H and O–H groups in total. The van der Waals surface area contributed by atoms with Crippen molar-refractivity contribution in [3.05, 3.63) is 169 Å². The smallest absolute Gasteiger partial charge is 0.151 e. The van der Waals surface area contributed by atoms with Crippen molar-refractivity contribution < 1.29 is 9.47 Å². The molecule has 2 aliphatic heterocycles. The predicted octanol–water partition coefficient (Wildman–Crippen LogP) is 12.4. The lowest BCUT2D eigenvalue weighted by Gasteiger charge is -2.32. The van der Waals surface area contributed by atoms with Crippen LogP contribution < -0.4 is 19.3 Å². The molecule has 0 bridgehead atoms. The zero-order valence-corrected chi connectivity index (χ0v) is 27.7. The van der Waals surface area contributed by atoms with Gasteiger partial charge in [0.05, 0.1) is 45.2 Å². The van der Waals surface area contributed by atoms with E-state index in [0.29, 0.717) is 0 Å². The van der Waals surface area contributed by atoms with Crippen LogP contribution in [0.4, 0.5) is 34.1 Å². The summed E-state index contributed by atoms with van der Waals surface area (Å²) in [5.74, 6) is 3.30. The molecule has 8 aromatic rings. The minimum Gasteiger partial charge on any atom is -0.453 e. The van der Waals surface area contributed by atoms with Crippen molar-refractivity contribution in [2.45, 2.75) is 6.92 Å². The van der Waals surface area contributed by atoms with Crippen molar-refractivity contribution in [2.24, 2.45) is 0 Å². The summed E-state index contributed by atoms with van der Waals surface area (Å²) in [6, 6.07) is 55.9. The molecular weight excluding hydrogens is 629 g/mol. The summed E-state index contributed by atoms with van der Waals surface area (Å²) in [5, 5.41) is 0. The molecule has 0 fully saturated rings. The molecule has 242 valence electrons. The number of para-hydroxylation sites is 9. The first-order valence-corrected chi connectivity index (χ1v) is 17.0. The van der Waals surface area contributed by atoms with E-state index in [9.17, 15) is 0 Å². The van der Waals surface area contributed by atoms with Crippen molar-refractivity contribution in [3.63, 3.8) is 0 Å². The quantitative estimate of drug-likeness (QED) is 0.188. The number of benzene rings is 7. The number of aromatic nitrogens is 2. The molecule has 7 aromatic carbocycles. The van der Waals surface area contributed by atoms with Crippen molar-refractivity contribution in [1.29, 1.82) is 0 Å². The number of hydrogen-bond acceptors (Lipinski definition) is 6. The molecule has 51 heavy (non-hydrogen) atoms. The highest BCUT2D eigenvalue weighted by molar-refractivity contribution is 5.91. The maximum atomic E-state index is 6.25. The lowest BCUT2D eigenvalue weighted by atomic mass is 10.0. The molecule has 0 amide bonds. The van der Waals surface area contributed by atoms with E-state index in [-0.39, 0.29) is 0 Å². The molecule has 0 aliphatic carbocycles. The molecule has 1 aromatic heterocycles. The molecule has 0 unspecified atom stereocenters. The van der Waals surface area contributed by atoms with Gasteiger partial charge in [0.2, 0.25) is 0 Å². The maximum absolute atomic E-state index is 6.25. The average Bonchev–Trinajstić information content (AvgIpc) is 3.19. The van der Waals surface area contributed by atoms with Gasteiger partial charge < -0.3 is 19.3 Å². The third kappa shape index (κ3) is 4.80. The van der Waals surface area contributed by atoms with Gasteiger partial charge in [-0.05, 0) is 91.3 Å². The fourth-order valence-electron chi connectivity index (χ4n) is 7.12. The maximum Gasteiger partial charge on any atom is 0.151 e. The summed E-state index contributed by atoms with van der Waals surface area (Å²) in [7, 11) is 0. The second-order valence-corrected chi connectivity index (χ2v) is 12.7. The van der Waals surface area contributed by atoms with Gasteiger partial charge in [-0.25, -0.2) is 9.97 Å². The van der Waals surface area contributed by atoms with Crippen LogP contribution in [0, 0.1) is 6.92 Å². The molecule has 2 aliphatic rings. The number of nitrogens with zero attached hydrogens (tertiary/aromatic N) is 4. The van der Waals surface area contributed by atoms with E-state index in [0.717, 1.165) is 96.2 Å². The molecule has 0 saturated heterocycles. The molecule has 10 rings (SSSR count). The highest BCUT2D eigenvalue weighted by Crippen LogP contribution is 2.52. The van der Waals surface area contributed by atoms with E-state index in [1.165, 1.54) is 0 Å². The Morgan fingerprint density at radius 2 is 0.784 bits per heavy atom. The largest absolute Gasteiger partial charge is 0.453 e. The molecular formula is C45H30N4O2. The minimum atomic E-state index is 0.825. The van der Waals surface area contributed by atoms with Gasteiger partial charge in [0.1, 0.15) is 0 Å². The summed E-state index contributed by atoms with van der Waals surface area (Å²) < 4.78 is 12.5. The van der Waals surface area contributed by atoms with E-state index in [4.69, 9.17) is 19.4 Å². The number of ether oxygens (including phenoxy) is 2. The fraction of sp³-hybridized carbons (Fsp3) is 0.0222. The Bertz CT molecular complexity index is 2530. The van der Waals surface area contributed by atoms with Crippen LogP contribution in [0.15, 0.2) is 164 Å². The number of fused-ring (bicyclic) bond motifs is 5. The lowest BCUT2D eigenvalue weighted by molar-refractivity contribution is 0.477. The highest BCUT2D eigenvalue weighted by Gasteiger charge is 2.27. The number of aryl methyl sites for hydroxylation is 1. The summed E-state index contributed by atoms with van der Waals surface area (Å²) in [6.45, 7) is 2.09.